The highest BCUT2D eigenvalue weighted by molar-refractivity contribution is 6.31. The summed E-state index contributed by atoms with van der Waals surface area (Å²) in [6.45, 7) is -0.217. The molecule has 0 unspecified atom stereocenters. The second-order valence-corrected chi connectivity index (χ2v) is 5.45. The average molecular weight is 348 g/mol. The second kappa shape index (κ2) is 6.76. The number of Topliss-reactive ketones (excluding diaryl/α,β-unsaturated/α-hetero) is 1. The number of carbonyl (C=O) groups excluding carboxylic acids is 1. The molecule has 2 heterocycles. The number of halogens is 2. The van der Waals surface area contributed by atoms with E-state index in [-0.39, 0.29) is 40.8 Å². The second-order valence-electron chi connectivity index (χ2n) is 5.04. The van der Waals surface area contributed by atoms with E-state index in [9.17, 15) is 14.0 Å². The van der Waals surface area contributed by atoms with Gasteiger partial charge in [0.15, 0.2) is 5.78 Å². The molecule has 6 nitrogen and oxygen atoms in total. The van der Waals surface area contributed by atoms with E-state index in [1.54, 1.807) is 0 Å². The first kappa shape index (κ1) is 16.1. The number of pyridine rings is 1. The molecule has 1 aromatic carbocycles. The van der Waals surface area contributed by atoms with Gasteiger partial charge in [-0.05, 0) is 18.2 Å². The van der Waals surface area contributed by atoms with Crippen LogP contribution in [-0.4, -0.2) is 20.5 Å². The van der Waals surface area contributed by atoms with Gasteiger partial charge in [-0.1, -0.05) is 17.7 Å². The molecular weight excluding hydrogens is 337 g/mol. The first-order valence-electron chi connectivity index (χ1n) is 6.96. The maximum atomic E-state index is 13.7. The maximum absolute atomic E-state index is 13.7. The maximum Gasteiger partial charge on any atom is 0.250 e. The van der Waals surface area contributed by atoms with Crippen LogP contribution in [0.1, 0.15) is 5.56 Å². The van der Waals surface area contributed by atoms with E-state index in [2.05, 4.69) is 10.2 Å². The fourth-order valence-electron chi connectivity index (χ4n) is 2.22. The zero-order chi connectivity index (χ0) is 17.1. The Hall–Kier alpha value is -2.80. The summed E-state index contributed by atoms with van der Waals surface area (Å²) >= 11 is 5.91. The molecule has 122 valence electrons. The van der Waals surface area contributed by atoms with E-state index >= 15 is 0 Å². The van der Waals surface area contributed by atoms with Crippen LogP contribution < -0.4 is 5.56 Å². The van der Waals surface area contributed by atoms with Crippen molar-refractivity contribution in [3.63, 3.8) is 0 Å². The third kappa shape index (κ3) is 3.41. The molecule has 24 heavy (non-hydrogen) atoms. The van der Waals surface area contributed by atoms with Gasteiger partial charge < -0.3 is 8.98 Å². The number of carbonyl (C=O) groups is 1. The van der Waals surface area contributed by atoms with Crippen LogP contribution in [0.5, 0.6) is 0 Å². The topological polar surface area (TPSA) is 78.0 Å². The minimum Gasteiger partial charge on any atom is -0.423 e. The molecule has 0 fully saturated rings. The van der Waals surface area contributed by atoms with Crippen molar-refractivity contribution in [2.45, 2.75) is 13.0 Å². The van der Waals surface area contributed by atoms with Gasteiger partial charge in [0, 0.05) is 29.3 Å². The summed E-state index contributed by atoms with van der Waals surface area (Å²) in [5.41, 5.74) is 0.250. The van der Waals surface area contributed by atoms with Crippen LogP contribution in [0.2, 0.25) is 5.02 Å². The molecule has 0 saturated heterocycles. The van der Waals surface area contributed by atoms with Crippen LogP contribution in [0, 0.1) is 5.82 Å². The van der Waals surface area contributed by atoms with Gasteiger partial charge in [0.05, 0.1) is 12.1 Å². The normalized spacial score (nSPS) is 10.8. The SMILES string of the molecule is O=C(Cc1c(F)cccc1Cl)Cn1cc(-c2nnco2)ccc1=O. The van der Waals surface area contributed by atoms with Crippen LogP contribution in [0.3, 0.4) is 0 Å². The molecular formula is C16H11ClFN3O3. The molecule has 8 heteroatoms. The van der Waals surface area contributed by atoms with Gasteiger partial charge in [0.2, 0.25) is 12.3 Å². The first-order chi connectivity index (χ1) is 11.5. The number of aromatic nitrogens is 3. The third-order valence-electron chi connectivity index (χ3n) is 3.37. The van der Waals surface area contributed by atoms with Gasteiger partial charge in [0.1, 0.15) is 5.82 Å². The number of ketones is 1. The lowest BCUT2D eigenvalue weighted by Crippen LogP contribution is -2.24. The van der Waals surface area contributed by atoms with Crippen molar-refractivity contribution in [3.8, 4) is 11.5 Å². The number of hydrogen-bond donors (Lipinski definition) is 0. The Bertz CT molecular complexity index is 918. The van der Waals surface area contributed by atoms with Crippen molar-refractivity contribution in [2.24, 2.45) is 0 Å². The van der Waals surface area contributed by atoms with Gasteiger partial charge in [-0.2, -0.15) is 0 Å². The van der Waals surface area contributed by atoms with E-state index in [1.807, 2.05) is 0 Å². The van der Waals surface area contributed by atoms with E-state index < -0.39 is 5.82 Å². The zero-order valence-electron chi connectivity index (χ0n) is 12.3. The van der Waals surface area contributed by atoms with Crippen LogP contribution >= 0.6 is 11.6 Å². The standard InChI is InChI=1S/C16H11ClFN3O3/c17-13-2-1-3-14(18)12(13)6-11(22)8-21-7-10(4-5-15(21)23)16-20-19-9-24-16/h1-5,7,9H,6,8H2. The Kier molecular flexibility index (Phi) is 4.52. The van der Waals surface area contributed by atoms with Crippen molar-refractivity contribution in [1.82, 2.24) is 14.8 Å². The van der Waals surface area contributed by atoms with Crippen LogP contribution in [0.25, 0.3) is 11.5 Å². The molecule has 0 bridgehead atoms. The van der Waals surface area contributed by atoms with Crippen molar-refractivity contribution in [1.29, 1.82) is 0 Å². The monoisotopic (exact) mass is 347 g/mol. The molecule has 3 rings (SSSR count). The Morgan fingerprint density at radius 3 is 2.83 bits per heavy atom. The van der Waals surface area contributed by atoms with Crippen molar-refractivity contribution in [3.05, 3.63) is 69.7 Å². The summed E-state index contributed by atoms with van der Waals surface area (Å²) in [4.78, 5) is 24.1. The van der Waals surface area contributed by atoms with Gasteiger partial charge >= 0.3 is 0 Å². The summed E-state index contributed by atoms with van der Waals surface area (Å²) in [5.74, 6) is -0.678. The molecule has 0 aliphatic heterocycles. The highest BCUT2D eigenvalue weighted by atomic mass is 35.5. The highest BCUT2D eigenvalue weighted by Gasteiger charge is 2.14. The summed E-state index contributed by atoms with van der Waals surface area (Å²) in [6, 6.07) is 7.02. The van der Waals surface area contributed by atoms with Gasteiger partial charge in [-0.15, -0.1) is 10.2 Å². The molecule has 0 aliphatic carbocycles. The minimum absolute atomic E-state index is 0.116. The average Bonchev–Trinajstić information content (AvgIpc) is 3.08. The van der Waals surface area contributed by atoms with Crippen LogP contribution in [0.4, 0.5) is 4.39 Å². The Labute approximate surface area is 140 Å². The molecule has 0 saturated carbocycles. The molecule has 0 N–H and O–H groups in total. The van der Waals surface area contributed by atoms with Gasteiger partial charge in [-0.25, -0.2) is 4.39 Å². The number of hydrogen-bond acceptors (Lipinski definition) is 5. The lowest BCUT2D eigenvalue weighted by atomic mass is 10.1. The Morgan fingerprint density at radius 1 is 1.29 bits per heavy atom. The van der Waals surface area contributed by atoms with Crippen molar-refractivity contribution in [2.75, 3.05) is 0 Å². The fraction of sp³-hybridized carbons (Fsp3) is 0.125. The van der Waals surface area contributed by atoms with E-state index in [0.29, 0.717) is 5.56 Å². The van der Waals surface area contributed by atoms with E-state index in [1.165, 1.54) is 41.1 Å². The van der Waals surface area contributed by atoms with E-state index in [0.717, 1.165) is 6.39 Å². The summed E-state index contributed by atoms with van der Waals surface area (Å²) in [7, 11) is 0. The predicted octanol–water partition coefficient (Wildman–Crippen LogP) is 2.50. The minimum atomic E-state index is -0.553. The molecule has 3 aromatic rings. The quantitative estimate of drug-likeness (QED) is 0.708. The molecule has 0 atom stereocenters. The molecule has 2 aromatic heterocycles. The molecule has 0 amide bonds. The molecule has 0 radical (unpaired) electrons. The molecule has 0 aliphatic rings. The Balaban J connectivity index is 1.82. The number of benzene rings is 1. The van der Waals surface area contributed by atoms with Crippen molar-refractivity contribution >= 4 is 17.4 Å². The van der Waals surface area contributed by atoms with Gasteiger partial charge in [-0.3, -0.25) is 9.59 Å². The van der Waals surface area contributed by atoms with Crippen molar-refractivity contribution < 1.29 is 13.6 Å². The lowest BCUT2D eigenvalue weighted by molar-refractivity contribution is -0.119. The van der Waals surface area contributed by atoms with E-state index in [4.69, 9.17) is 16.0 Å². The smallest absolute Gasteiger partial charge is 0.250 e. The summed E-state index contributed by atoms with van der Waals surface area (Å²) in [6.07, 6.45) is 2.40. The van der Waals surface area contributed by atoms with Gasteiger partial charge in [0.25, 0.3) is 5.56 Å². The fourth-order valence-corrected chi connectivity index (χ4v) is 2.45. The largest absolute Gasteiger partial charge is 0.423 e. The zero-order valence-corrected chi connectivity index (χ0v) is 13.0. The first-order valence-corrected chi connectivity index (χ1v) is 7.34. The molecule has 0 spiro atoms. The summed E-state index contributed by atoms with van der Waals surface area (Å²) in [5, 5.41) is 7.48. The predicted molar refractivity (Wildman–Crippen MR) is 84.1 cm³/mol. The third-order valence-corrected chi connectivity index (χ3v) is 3.73. The Morgan fingerprint density at radius 2 is 2.12 bits per heavy atom. The number of nitrogens with zero attached hydrogens (tertiary/aromatic N) is 3. The van der Waals surface area contributed by atoms with Crippen LogP contribution in [0.15, 0.2) is 52.1 Å². The van der Waals surface area contributed by atoms with Crippen LogP contribution in [-0.2, 0) is 17.8 Å². The lowest BCUT2D eigenvalue weighted by Gasteiger charge is -2.08. The highest BCUT2D eigenvalue weighted by Crippen LogP contribution is 2.20. The number of rotatable bonds is 5. The summed E-state index contributed by atoms with van der Waals surface area (Å²) < 4.78 is 20.0.